The molecular weight excluding hydrogens is 246 g/mol. The van der Waals surface area contributed by atoms with Crippen LogP contribution in [0, 0.1) is 0 Å². The molecule has 1 fully saturated rings. The second kappa shape index (κ2) is 6.17. The van der Waals surface area contributed by atoms with Gasteiger partial charge in [-0.05, 0) is 25.0 Å². The highest BCUT2D eigenvalue weighted by Gasteiger charge is 2.24. The molecule has 1 N–H and O–H groups in total. The molecule has 0 saturated carbocycles. The van der Waals surface area contributed by atoms with Crippen LogP contribution in [0.3, 0.4) is 0 Å². The molecule has 6 nitrogen and oxygen atoms in total. The molecule has 2 rings (SSSR count). The Hall–Kier alpha value is -2.11. The van der Waals surface area contributed by atoms with E-state index in [1.54, 1.807) is 29.4 Å². The van der Waals surface area contributed by atoms with Crippen LogP contribution in [0.2, 0.25) is 0 Å². The highest BCUT2D eigenvalue weighted by atomic mass is 16.5. The van der Waals surface area contributed by atoms with Crippen LogP contribution in [0.15, 0.2) is 24.5 Å². The van der Waals surface area contributed by atoms with Gasteiger partial charge in [-0.15, -0.1) is 0 Å². The van der Waals surface area contributed by atoms with Crippen molar-refractivity contribution in [1.29, 1.82) is 0 Å². The Morgan fingerprint density at radius 3 is 2.53 bits per heavy atom. The van der Waals surface area contributed by atoms with Crippen LogP contribution in [-0.4, -0.2) is 48.1 Å². The maximum absolute atomic E-state index is 12.2. The van der Waals surface area contributed by atoms with Gasteiger partial charge in [-0.3, -0.25) is 9.78 Å². The standard InChI is InChI=1S/C13H17N3O3/c1-19-13(18)15-11-4-8-16(9-5-11)12(17)10-2-6-14-7-3-10/h2-3,6-7,11H,4-5,8-9H2,1H3,(H,15,18). The third-order valence-electron chi connectivity index (χ3n) is 3.22. The molecule has 102 valence electrons. The van der Waals surface area contributed by atoms with Gasteiger partial charge in [-0.25, -0.2) is 4.79 Å². The van der Waals surface area contributed by atoms with E-state index in [9.17, 15) is 9.59 Å². The zero-order chi connectivity index (χ0) is 13.7. The molecule has 0 radical (unpaired) electrons. The molecule has 6 heteroatoms. The number of pyridine rings is 1. The fourth-order valence-corrected chi connectivity index (χ4v) is 2.13. The summed E-state index contributed by atoms with van der Waals surface area (Å²) in [6.07, 6.45) is 4.29. The van der Waals surface area contributed by atoms with Gasteiger partial charge in [0.25, 0.3) is 5.91 Å². The zero-order valence-electron chi connectivity index (χ0n) is 10.8. The number of carbonyl (C=O) groups is 2. The second-order valence-corrected chi connectivity index (χ2v) is 4.44. The monoisotopic (exact) mass is 263 g/mol. The summed E-state index contributed by atoms with van der Waals surface area (Å²) in [6.45, 7) is 1.27. The van der Waals surface area contributed by atoms with Crippen LogP contribution < -0.4 is 5.32 Å². The van der Waals surface area contributed by atoms with E-state index in [1.807, 2.05) is 0 Å². The van der Waals surface area contributed by atoms with Crippen molar-refractivity contribution in [3.63, 3.8) is 0 Å². The SMILES string of the molecule is COC(=O)NC1CCN(C(=O)c2ccncc2)CC1. The number of carbonyl (C=O) groups excluding carboxylic acids is 2. The first-order valence-electron chi connectivity index (χ1n) is 6.24. The predicted octanol–water partition coefficient (Wildman–Crippen LogP) is 1.04. The summed E-state index contributed by atoms with van der Waals surface area (Å²) >= 11 is 0. The van der Waals surface area contributed by atoms with Gasteiger partial charge < -0.3 is 15.0 Å². The number of piperidine rings is 1. The number of amides is 2. The number of alkyl carbamates (subject to hydrolysis) is 1. The van der Waals surface area contributed by atoms with Gasteiger partial charge in [-0.2, -0.15) is 0 Å². The zero-order valence-corrected chi connectivity index (χ0v) is 10.8. The summed E-state index contributed by atoms with van der Waals surface area (Å²) in [6, 6.07) is 3.50. The largest absolute Gasteiger partial charge is 0.453 e. The van der Waals surface area contributed by atoms with Gasteiger partial charge >= 0.3 is 6.09 Å². The smallest absolute Gasteiger partial charge is 0.407 e. The average Bonchev–Trinajstić information content (AvgIpc) is 2.48. The van der Waals surface area contributed by atoms with Gasteiger partial charge in [0.05, 0.1) is 7.11 Å². The lowest BCUT2D eigenvalue weighted by Crippen LogP contribution is -2.46. The number of ether oxygens (including phenoxy) is 1. The fraction of sp³-hybridized carbons (Fsp3) is 0.462. The summed E-state index contributed by atoms with van der Waals surface area (Å²) in [7, 11) is 1.34. The molecule has 2 heterocycles. The van der Waals surface area contributed by atoms with Crippen LogP contribution >= 0.6 is 0 Å². The molecule has 1 aromatic heterocycles. The van der Waals surface area contributed by atoms with Crippen molar-refractivity contribution in [2.24, 2.45) is 0 Å². The number of methoxy groups -OCH3 is 1. The first-order valence-corrected chi connectivity index (χ1v) is 6.24. The van der Waals surface area contributed by atoms with Crippen LogP contribution in [0.5, 0.6) is 0 Å². The topological polar surface area (TPSA) is 71.5 Å². The van der Waals surface area contributed by atoms with E-state index in [4.69, 9.17) is 0 Å². The molecule has 1 aliphatic rings. The molecule has 1 saturated heterocycles. The normalized spacial score (nSPS) is 15.9. The third kappa shape index (κ3) is 3.43. The van der Waals surface area contributed by atoms with E-state index in [1.165, 1.54) is 7.11 Å². The number of rotatable bonds is 2. The minimum absolute atomic E-state index is 0.0129. The Morgan fingerprint density at radius 2 is 1.95 bits per heavy atom. The summed E-state index contributed by atoms with van der Waals surface area (Å²) in [4.78, 5) is 29.0. The summed E-state index contributed by atoms with van der Waals surface area (Å²) in [5.41, 5.74) is 0.648. The molecule has 0 bridgehead atoms. The first-order chi connectivity index (χ1) is 9.20. The minimum Gasteiger partial charge on any atom is -0.453 e. The number of nitrogens with one attached hydrogen (secondary N) is 1. The molecule has 0 aliphatic carbocycles. The van der Waals surface area contributed by atoms with Crippen molar-refractivity contribution in [1.82, 2.24) is 15.2 Å². The molecule has 1 aliphatic heterocycles. The first kappa shape index (κ1) is 13.3. The van der Waals surface area contributed by atoms with Crippen LogP contribution in [0.4, 0.5) is 4.79 Å². The summed E-state index contributed by atoms with van der Waals surface area (Å²) in [5.74, 6) is 0.0129. The lowest BCUT2D eigenvalue weighted by atomic mass is 10.0. The molecule has 19 heavy (non-hydrogen) atoms. The van der Waals surface area contributed by atoms with Crippen molar-refractivity contribution in [3.8, 4) is 0 Å². The second-order valence-electron chi connectivity index (χ2n) is 4.44. The fourth-order valence-electron chi connectivity index (χ4n) is 2.13. The van der Waals surface area contributed by atoms with Crippen LogP contribution in [0.25, 0.3) is 0 Å². The lowest BCUT2D eigenvalue weighted by molar-refractivity contribution is 0.0704. The van der Waals surface area contributed by atoms with Gasteiger partial charge in [-0.1, -0.05) is 0 Å². The Morgan fingerprint density at radius 1 is 1.32 bits per heavy atom. The lowest BCUT2D eigenvalue weighted by Gasteiger charge is -2.32. The Balaban J connectivity index is 1.86. The number of aromatic nitrogens is 1. The molecule has 0 atom stereocenters. The number of nitrogens with zero attached hydrogens (tertiary/aromatic N) is 2. The highest BCUT2D eigenvalue weighted by Crippen LogP contribution is 2.13. The van der Waals surface area contributed by atoms with Crippen molar-refractivity contribution in [2.45, 2.75) is 18.9 Å². The molecule has 0 aromatic carbocycles. The molecular formula is C13H17N3O3. The molecule has 1 aromatic rings. The third-order valence-corrected chi connectivity index (χ3v) is 3.22. The van der Waals surface area contributed by atoms with E-state index in [0.717, 1.165) is 12.8 Å². The van der Waals surface area contributed by atoms with E-state index >= 15 is 0 Å². The van der Waals surface area contributed by atoms with Gasteiger partial charge in [0.1, 0.15) is 0 Å². The maximum Gasteiger partial charge on any atom is 0.407 e. The van der Waals surface area contributed by atoms with E-state index in [-0.39, 0.29) is 11.9 Å². The summed E-state index contributed by atoms with van der Waals surface area (Å²) < 4.78 is 4.56. The van der Waals surface area contributed by atoms with E-state index in [0.29, 0.717) is 18.7 Å². The van der Waals surface area contributed by atoms with E-state index in [2.05, 4.69) is 15.0 Å². The highest BCUT2D eigenvalue weighted by molar-refractivity contribution is 5.94. The van der Waals surface area contributed by atoms with Crippen molar-refractivity contribution < 1.29 is 14.3 Å². The molecule has 0 spiro atoms. The van der Waals surface area contributed by atoms with Gasteiger partial charge in [0, 0.05) is 37.1 Å². The van der Waals surface area contributed by atoms with Crippen molar-refractivity contribution >= 4 is 12.0 Å². The summed E-state index contributed by atoms with van der Waals surface area (Å²) in [5, 5.41) is 2.76. The number of hydrogen-bond donors (Lipinski definition) is 1. The Labute approximate surface area is 111 Å². The molecule has 0 unspecified atom stereocenters. The van der Waals surface area contributed by atoms with Crippen LogP contribution in [-0.2, 0) is 4.74 Å². The predicted molar refractivity (Wildman–Crippen MR) is 68.7 cm³/mol. The van der Waals surface area contributed by atoms with Crippen molar-refractivity contribution in [3.05, 3.63) is 30.1 Å². The van der Waals surface area contributed by atoms with Gasteiger partial charge in [0.2, 0.25) is 0 Å². The average molecular weight is 263 g/mol. The van der Waals surface area contributed by atoms with E-state index < -0.39 is 6.09 Å². The Kier molecular flexibility index (Phi) is 4.33. The number of hydrogen-bond acceptors (Lipinski definition) is 4. The molecule has 2 amide bonds. The maximum atomic E-state index is 12.2. The van der Waals surface area contributed by atoms with Crippen molar-refractivity contribution in [2.75, 3.05) is 20.2 Å². The quantitative estimate of drug-likeness (QED) is 0.865. The number of likely N-dealkylation sites (tertiary alicyclic amines) is 1. The minimum atomic E-state index is -0.418. The van der Waals surface area contributed by atoms with Crippen LogP contribution in [0.1, 0.15) is 23.2 Å². The Bertz CT molecular complexity index is 442. The van der Waals surface area contributed by atoms with Gasteiger partial charge in [0.15, 0.2) is 0 Å².